The molecule has 17 heavy (non-hydrogen) atoms. The highest BCUT2D eigenvalue weighted by molar-refractivity contribution is 5.89. The summed E-state index contributed by atoms with van der Waals surface area (Å²) < 4.78 is 0. The molecule has 5 nitrogen and oxygen atoms in total. The Hall–Kier alpha value is -2.56. The molecule has 0 aliphatic rings. The van der Waals surface area contributed by atoms with Crippen LogP contribution in [0.4, 0.5) is 11.6 Å². The van der Waals surface area contributed by atoms with Crippen LogP contribution in [0.2, 0.25) is 0 Å². The summed E-state index contributed by atoms with van der Waals surface area (Å²) in [5.41, 5.74) is 1.69. The van der Waals surface area contributed by atoms with E-state index >= 15 is 0 Å². The fourth-order valence-electron chi connectivity index (χ4n) is 1.59. The summed E-state index contributed by atoms with van der Waals surface area (Å²) in [4.78, 5) is 11.1. The summed E-state index contributed by atoms with van der Waals surface area (Å²) in [6.45, 7) is 0. The zero-order valence-electron chi connectivity index (χ0n) is 8.91. The molecule has 0 aliphatic heterocycles. The van der Waals surface area contributed by atoms with Crippen LogP contribution in [0.25, 0.3) is 10.9 Å². The third-order valence-corrected chi connectivity index (χ3v) is 2.36. The van der Waals surface area contributed by atoms with Gasteiger partial charge in [0.1, 0.15) is 0 Å². The van der Waals surface area contributed by atoms with Gasteiger partial charge in [0.25, 0.3) is 0 Å². The van der Waals surface area contributed by atoms with Crippen molar-refractivity contribution in [1.82, 2.24) is 15.0 Å². The minimum atomic E-state index is 0.492. The normalized spacial score (nSPS) is 11.3. The molecular weight excluding hydrogens is 214 g/mol. The van der Waals surface area contributed by atoms with E-state index < -0.39 is 0 Å². The minimum Gasteiger partial charge on any atom is -0.328 e. The van der Waals surface area contributed by atoms with Crippen LogP contribution in [0, 0.1) is 0 Å². The van der Waals surface area contributed by atoms with Crippen LogP contribution in [0.15, 0.2) is 59.2 Å². The molecule has 0 radical (unpaired) electrons. The average molecular weight is 223 g/mol. The number of H-pyrrole nitrogens is 1. The zero-order chi connectivity index (χ0) is 11.5. The van der Waals surface area contributed by atoms with Crippen molar-refractivity contribution in [1.29, 1.82) is 0 Å². The van der Waals surface area contributed by atoms with Crippen molar-refractivity contribution < 1.29 is 0 Å². The second-order valence-corrected chi connectivity index (χ2v) is 3.46. The Morgan fingerprint density at radius 1 is 0.941 bits per heavy atom. The number of fused-ring (bicyclic) bond motifs is 1. The van der Waals surface area contributed by atoms with Crippen molar-refractivity contribution in [3.05, 3.63) is 48.9 Å². The number of azo groups is 1. The second-order valence-electron chi connectivity index (χ2n) is 3.46. The van der Waals surface area contributed by atoms with Gasteiger partial charge in [-0.15, -0.1) is 10.2 Å². The highest BCUT2D eigenvalue weighted by atomic mass is 15.2. The lowest BCUT2D eigenvalue weighted by Crippen LogP contribution is -1.76. The maximum absolute atomic E-state index is 4.26. The molecule has 3 aromatic rings. The predicted molar refractivity (Wildman–Crippen MR) is 64.5 cm³/mol. The number of pyridine rings is 1. The van der Waals surface area contributed by atoms with Gasteiger partial charge in [-0.1, -0.05) is 6.07 Å². The van der Waals surface area contributed by atoms with Gasteiger partial charge in [-0.05, 0) is 24.3 Å². The Kier molecular flexibility index (Phi) is 2.34. The fourth-order valence-corrected chi connectivity index (χ4v) is 1.59. The maximum atomic E-state index is 4.26. The Labute approximate surface area is 97.3 Å². The number of hydrogen-bond acceptors (Lipinski definition) is 4. The average Bonchev–Trinajstić information content (AvgIpc) is 2.89. The van der Waals surface area contributed by atoms with Gasteiger partial charge in [0.15, 0.2) is 0 Å². The van der Waals surface area contributed by atoms with Crippen molar-refractivity contribution >= 4 is 22.5 Å². The van der Waals surface area contributed by atoms with Crippen molar-refractivity contribution in [2.75, 3.05) is 0 Å². The van der Waals surface area contributed by atoms with Crippen LogP contribution in [-0.2, 0) is 0 Å². The van der Waals surface area contributed by atoms with Gasteiger partial charge in [0, 0.05) is 24.0 Å². The lowest BCUT2D eigenvalue weighted by molar-refractivity contribution is 1.13. The molecule has 0 fully saturated rings. The van der Waals surface area contributed by atoms with Crippen LogP contribution < -0.4 is 0 Å². The van der Waals surface area contributed by atoms with E-state index in [9.17, 15) is 0 Å². The number of nitrogens with zero attached hydrogens (tertiary/aromatic N) is 4. The molecule has 1 aromatic carbocycles. The molecular formula is C12H9N5. The molecule has 2 aromatic heterocycles. The Bertz CT molecular complexity index is 652. The molecule has 0 saturated carbocycles. The first-order valence-corrected chi connectivity index (χ1v) is 5.18. The molecule has 0 spiro atoms. The number of hydrogen-bond donors (Lipinski definition) is 1. The monoisotopic (exact) mass is 223 g/mol. The molecule has 0 atom stereocenters. The molecule has 0 unspecified atom stereocenters. The van der Waals surface area contributed by atoms with E-state index in [-0.39, 0.29) is 0 Å². The predicted octanol–water partition coefficient (Wildman–Crippen LogP) is 3.37. The SMILES string of the molecule is c1cc(N=Nc2ncc[nH]2)c2cccnc2c1. The molecule has 0 aliphatic carbocycles. The van der Waals surface area contributed by atoms with Gasteiger partial charge in [-0.2, -0.15) is 0 Å². The van der Waals surface area contributed by atoms with Gasteiger partial charge in [0.2, 0.25) is 5.95 Å². The number of aromatic amines is 1. The Balaban J connectivity index is 2.06. The van der Waals surface area contributed by atoms with E-state index in [1.54, 1.807) is 18.6 Å². The van der Waals surface area contributed by atoms with Gasteiger partial charge >= 0.3 is 0 Å². The van der Waals surface area contributed by atoms with E-state index in [0.29, 0.717) is 5.95 Å². The molecule has 1 N–H and O–H groups in total. The molecule has 3 rings (SSSR count). The number of imidazole rings is 1. The van der Waals surface area contributed by atoms with Crippen molar-refractivity contribution in [3.8, 4) is 0 Å². The molecule has 0 saturated heterocycles. The Morgan fingerprint density at radius 3 is 2.82 bits per heavy atom. The third-order valence-electron chi connectivity index (χ3n) is 2.36. The van der Waals surface area contributed by atoms with E-state index in [4.69, 9.17) is 0 Å². The van der Waals surface area contributed by atoms with E-state index in [1.165, 1.54) is 0 Å². The fraction of sp³-hybridized carbons (Fsp3) is 0. The van der Waals surface area contributed by atoms with Gasteiger partial charge < -0.3 is 4.98 Å². The maximum Gasteiger partial charge on any atom is 0.246 e. The van der Waals surface area contributed by atoms with Crippen molar-refractivity contribution in [2.45, 2.75) is 0 Å². The molecule has 2 heterocycles. The summed E-state index contributed by atoms with van der Waals surface area (Å²) in [7, 11) is 0. The first-order chi connectivity index (χ1) is 8.43. The number of benzene rings is 1. The molecule has 5 heteroatoms. The van der Waals surface area contributed by atoms with Crippen molar-refractivity contribution in [3.63, 3.8) is 0 Å². The third kappa shape index (κ3) is 1.90. The van der Waals surface area contributed by atoms with Crippen LogP contribution in [0.1, 0.15) is 0 Å². The second kappa shape index (κ2) is 4.13. The van der Waals surface area contributed by atoms with E-state index in [0.717, 1.165) is 16.6 Å². The van der Waals surface area contributed by atoms with Crippen LogP contribution in [-0.4, -0.2) is 15.0 Å². The lowest BCUT2D eigenvalue weighted by Gasteiger charge is -1.98. The van der Waals surface area contributed by atoms with Crippen LogP contribution in [0.3, 0.4) is 0 Å². The number of aromatic nitrogens is 3. The number of nitrogens with one attached hydrogen (secondary N) is 1. The first kappa shape index (κ1) is 9.65. The van der Waals surface area contributed by atoms with Gasteiger partial charge in [0.05, 0.1) is 11.2 Å². The molecule has 0 bridgehead atoms. The number of rotatable bonds is 2. The summed E-state index contributed by atoms with van der Waals surface area (Å²) in [6, 6.07) is 9.61. The van der Waals surface area contributed by atoms with Crippen molar-refractivity contribution in [2.24, 2.45) is 10.2 Å². The Morgan fingerprint density at radius 2 is 1.94 bits per heavy atom. The van der Waals surface area contributed by atoms with Crippen LogP contribution in [0.5, 0.6) is 0 Å². The lowest BCUT2D eigenvalue weighted by atomic mass is 10.2. The first-order valence-electron chi connectivity index (χ1n) is 5.18. The highest BCUT2D eigenvalue weighted by Crippen LogP contribution is 2.25. The topological polar surface area (TPSA) is 66.3 Å². The van der Waals surface area contributed by atoms with Gasteiger partial charge in [-0.25, -0.2) is 4.98 Å². The van der Waals surface area contributed by atoms with Crippen LogP contribution >= 0.6 is 0 Å². The van der Waals surface area contributed by atoms with E-state index in [1.807, 2.05) is 30.3 Å². The van der Waals surface area contributed by atoms with E-state index in [2.05, 4.69) is 25.2 Å². The summed E-state index contributed by atoms with van der Waals surface area (Å²) in [6.07, 6.45) is 5.10. The molecule has 0 amide bonds. The highest BCUT2D eigenvalue weighted by Gasteiger charge is 1.99. The summed E-state index contributed by atoms with van der Waals surface area (Å²) in [5, 5.41) is 9.16. The smallest absolute Gasteiger partial charge is 0.246 e. The quantitative estimate of drug-likeness (QED) is 0.677. The summed E-state index contributed by atoms with van der Waals surface area (Å²) in [5.74, 6) is 0.492. The zero-order valence-corrected chi connectivity index (χ0v) is 8.91. The summed E-state index contributed by atoms with van der Waals surface area (Å²) >= 11 is 0. The largest absolute Gasteiger partial charge is 0.328 e. The van der Waals surface area contributed by atoms with Gasteiger partial charge in [-0.3, -0.25) is 4.98 Å². The minimum absolute atomic E-state index is 0.492. The molecule has 82 valence electrons. The standard InChI is InChI=1S/C12H9N5/c1-4-10-9(3-2-6-13-10)11(5-1)16-17-12-14-7-8-15-12/h1-8H,(H,14,15).